The zero-order chi connectivity index (χ0) is 23.2. The van der Waals surface area contributed by atoms with E-state index in [1.807, 2.05) is 6.92 Å². The Balaban J connectivity index is 1.27. The summed E-state index contributed by atoms with van der Waals surface area (Å²) in [7, 11) is 1.59. The zero-order valence-corrected chi connectivity index (χ0v) is 19.0. The number of methoxy groups -OCH3 is 1. The lowest BCUT2D eigenvalue weighted by Crippen LogP contribution is -2.38. The molecular weight excluding hydrogens is 453 g/mol. The molecule has 0 spiro atoms. The summed E-state index contributed by atoms with van der Waals surface area (Å²) in [5.74, 6) is 0.426. The van der Waals surface area contributed by atoms with Gasteiger partial charge in [-0.15, -0.1) is 0 Å². The lowest BCUT2D eigenvalue weighted by atomic mass is 10.0. The number of imidazole rings is 1. The largest absolute Gasteiger partial charge is 0.443 e. The lowest BCUT2D eigenvalue weighted by Gasteiger charge is -2.19. The fourth-order valence-electron chi connectivity index (χ4n) is 4.12. The number of fused-ring (bicyclic) bond motifs is 1. The number of carbonyl (C=O) groups excluding carboxylic acids is 1. The molecule has 2 fully saturated rings. The summed E-state index contributed by atoms with van der Waals surface area (Å²) >= 11 is 6.15. The Labute approximate surface area is 194 Å². The van der Waals surface area contributed by atoms with E-state index in [9.17, 15) is 4.79 Å². The monoisotopic (exact) mass is 477 g/mol. The second-order valence-electron chi connectivity index (χ2n) is 8.89. The minimum absolute atomic E-state index is 0.204. The van der Waals surface area contributed by atoms with Crippen LogP contribution < -0.4 is 10.6 Å². The second-order valence-corrected chi connectivity index (χ2v) is 9.27. The molecule has 5 rings (SSSR count). The zero-order valence-electron chi connectivity index (χ0n) is 18.3. The Hall–Kier alpha value is -2.92. The number of aromatic nitrogens is 5. The van der Waals surface area contributed by atoms with Crippen molar-refractivity contribution in [3.63, 3.8) is 0 Å². The van der Waals surface area contributed by atoms with Gasteiger partial charge in [0, 0.05) is 42.6 Å². The number of nitrogens with zero attached hydrogens (tertiary/aromatic N) is 4. The number of anilines is 2. The Morgan fingerprint density at radius 1 is 1.36 bits per heavy atom. The molecule has 1 amide bonds. The molecule has 2 aliphatic carbocycles. The average Bonchev–Trinajstić information content (AvgIpc) is 3.11. The van der Waals surface area contributed by atoms with Gasteiger partial charge in [0.1, 0.15) is 23.1 Å². The highest BCUT2D eigenvalue weighted by molar-refractivity contribution is 6.29. The number of hydrogen-bond donors (Lipinski definition) is 3. The van der Waals surface area contributed by atoms with Crippen LogP contribution in [0.4, 0.5) is 21.0 Å². The first-order valence-electron chi connectivity index (χ1n) is 10.8. The van der Waals surface area contributed by atoms with Gasteiger partial charge in [-0.05, 0) is 32.6 Å². The minimum atomic E-state index is -1.32. The van der Waals surface area contributed by atoms with Crippen molar-refractivity contribution in [3.05, 3.63) is 34.9 Å². The maximum Gasteiger partial charge on any atom is 0.407 e. The third-order valence-corrected chi connectivity index (χ3v) is 6.36. The van der Waals surface area contributed by atoms with Crippen LogP contribution in [0.15, 0.2) is 18.3 Å². The maximum absolute atomic E-state index is 15.1. The fourth-order valence-corrected chi connectivity index (χ4v) is 4.30. The van der Waals surface area contributed by atoms with E-state index >= 15 is 4.39 Å². The molecule has 0 saturated heterocycles. The third kappa shape index (κ3) is 4.60. The summed E-state index contributed by atoms with van der Waals surface area (Å²) in [5.41, 5.74) is 1.75. The number of halogens is 2. The highest BCUT2D eigenvalue weighted by Crippen LogP contribution is 2.39. The third-order valence-electron chi connectivity index (χ3n) is 6.17. The number of hydrogen-bond acceptors (Lipinski definition) is 7. The van der Waals surface area contributed by atoms with Crippen molar-refractivity contribution < 1.29 is 18.7 Å². The number of alkyl halides is 1. The maximum atomic E-state index is 15.1. The van der Waals surface area contributed by atoms with Gasteiger partial charge in [-0.1, -0.05) is 11.6 Å². The standard InChI is InChI=1S/C21H25ClFN7O3/c1-21(5-6-21)27-20(31)33-14-4-3-12(18(14)23)13-7-16(29-28-13)26-19-25-15(22)8-17-24-11(10-32-2)9-30(17)19/h7-9,12,14,18H,3-6,10H2,1-2H3,(H,27,31)(H2,25,26,28,29)/t12-,14-,18+/m1/s1. The van der Waals surface area contributed by atoms with Crippen LogP contribution in [0.3, 0.4) is 0 Å². The Morgan fingerprint density at radius 2 is 2.18 bits per heavy atom. The molecule has 0 radical (unpaired) electrons. The van der Waals surface area contributed by atoms with Crippen molar-refractivity contribution in [2.45, 2.75) is 62.9 Å². The SMILES string of the molecule is COCc1cn2c(Nc3cc([C@H]4CC[C@@H](OC(=O)NC5(C)CC5)[C@H]4F)[nH]n3)nc(Cl)cc2n1. The lowest BCUT2D eigenvalue weighted by molar-refractivity contribution is 0.0546. The molecule has 176 valence electrons. The Kier molecular flexibility index (Phi) is 5.61. The number of amides is 1. The molecule has 0 aromatic carbocycles. The molecule has 3 aromatic rings. The number of ether oxygens (including phenoxy) is 2. The topological polar surface area (TPSA) is 118 Å². The molecule has 3 heterocycles. The molecule has 3 aromatic heterocycles. The van der Waals surface area contributed by atoms with Gasteiger partial charge < -0.3 is 20.1 Å². The van der Waals surface area contributed by atoms with Crippen molar-refractivity contribution in [1.82, 2.24) is 29.9 Å². The molecule has 10 nitrogen and oxygen atoms in total. The number of nitrogens with one attached hydrogen (secondary N) is 3. The van der Waals surface area contributed by atoms with Gasteiger partial charge in [-0.3, -0.25) is 9.50 Å². The summed E-state index contributed by atoms with van der Waals surface area (Å²) < 4.78 is 27.3. The van der Waals surface area contributed by atoms with Crippen LogP contribution in [0.5, 0.6) is 0 Å². The summed E-state index contributed by atoms with van der Waals surface area (Å²) in [5, 5.41) is 13.3. The first-order valence-corrected chi connectivity index (χ1v) is 11.2. The van der Waals surface area contributed by atoms with Gasteiger partial charge in [-0.2, -0.15) is 5.10 Å². The van der Waals surface area contributed by atoms with Crippen LogP contribution in [0.25, 0.3) is 5.65 Å². The average molecular weight is 478 g/mol. The van der Waals surface area contributed by atoms with Gasteiger partial charge >= 0.3 is 6.09 Å². The molecule has 0 unspecified atom stereocenters. The molecule has 33 heavy (non-hydrogen) atoms. The number of aromatic amines is 1. The van der Waals surface area contributed by atoms with Gasteiger partial charge in [0.05, 0.1) is 12.3 Å². The van der Waals surface area contributed by atoms with E-state index in [1.165, 1.54) is 0 Å². The van der Waals surface area contributed by atoms with Crippen molar-refractivity contribution in [1.29, 1.82) is 0 Å². The van der Waals surface area contributed by atoms with Crippen molar-refractivity contribution >= 4 is 35.1 Å². The molecule has 0 bridgehead atoms. The van der Waals surface area contributed by atoms with Crippen LogP contribution in [0.2, 0.25) is 5.15 Å². The van der Waals surface area contributed by atoms with Crippen molar-refractivity contribution in [2.75, 3.05) is 12.4 Å². The Morgan fingerprint density at radius 3 is 2.94 bits per heavy atom. The normalized spacial score (nSPS) is 23.6. The van der Waals surface area contributed by atoms with Crippen LogP contribution in [0, 0.1) is 0 Å². The quantitative estimate of drug-likeness (QED) is 0.442. The molecule has 3 atom stereocenters. The predicted molar refractivity (Wildman–Crippen MR) is 118 cm³/mol. The van der Waals surface area contributed by atoms with Crippen LogP contribution in [0.1, 0.15) is 49.9 Å². The van der Waals surface area contributed by atoms with Gasteiger partial charge in [-0.25, -0.2) is 19.2 Å². The van der Waals surface area contributed by atoms with Crippen LogP contribution >= 0.6 is 11.6 Å². The summed E-state index contributed by atoms with van der Waals surface area (Å²) in [6.07, 6.45) is 1.96. The molecule has 12 heteroatoms. The fraction of sp³-hybridized carbons (Fsp3) is 0.524. The molecule has 0 aliphatic heterocycles. The molecule has 2 saturated carbocycles. The minimum Gasteiger partial charge on any atom is -0.443 e. The van der Waals surface area contributed by atoms with E-state index in [1.54, 1.807) is 29.8 Å². The summed E-state index contributed by atoms with van der Waals surface area (Å²) in [6, 6.07) is 3.38. The van der Waals surface area contributed by atoms with Crippen molar-refractivity contribution in [2.24, 2.45) is 0 Å². The van der Waals surface area contributed by atoms with Gasteiger partial charge in [0.2, 0.25) is 5.95 Å². The van der Waals surface area contributed by atoms with E-state index in [2.05, 4.69) is 30.8 Å². The first kappa shape index (κ1) is 21.9. The highest BCUT2D eigenvalue weighted by Gasteiger charge is 2.43. The van der Waals surface area contributed by atoms with E-state index < -0.39 is 24.3 Å². The van der Waals surface area contributed by atoms with E-state index in [4.69, 9.17) is 21.1 Å². The van der Waals surface area contributed by atoms with E-state index in [0.717, 1.165) is 18.5 Å². The summed E-state index contributed by atoms with van der Waals surface area (Å²) in [6.45, 7) is 2.30. The second kappa shape index (κ2) is 8.45. The Bertz CT molecular complexity index is 1180. The number of alkyl carbamates (subject to hydrolysis) is 1. The van der Waals surface area contributed by atoms with E-state index in [-0.39, 0.29) is 10.7 Å². The smallest absolute Gasteiger partial charge is 0.407 e. The number of carbonyl (C=O) groups is 1. The van der Waals surface area contributed by atoms with Crippen LogP contribution in [-0.4, -0.2) is 55.6 Å². The van der Waals surface area contributed by atoms with Crippen LogP contribution in [-0.2, 0) is 16.1 Å². The highest BCUT2D eigenvalue weighted by atomic mass is 35.5. The van der Waals surface area contributed by atoms with E-state index in [0.29, 0.717) is 42.6 Å². The van der Waals surface area contributed by atoms with Crippen molar-refractivity contribution in [3.8, 4) is 0 Å². The number of H-pyrrole nitrogens is 1. The molecular formula is C21H25ClFN7O3. The first-order chi connectivity index (χ1) is 15.8. The van der Waals surface area contributed by atoms with Gasteiger partial charge in [0.25, 0.3) is 0 Å². The molecule has 2 aliphatic rings. The molecule has 3 N–H and O–H groups in total. The van der Waals surface area contributed by atoms with Gasteiger partial charge in [0.15, 0.2) is 5.82 Å². The number of rotatable bonds is 7. The summed E-state index contributed by atoms with van der Waals surface area (Å²) in [4.78, 5) is 20.8. The predicted octanol–water partition coefficient (Wildman–Crippen LogP) is 3.86.